The number of unbranched alkanes of at least 4 members (excludes halogenated alkanes) is 2. The minimum absolute atomic E-state index is 0.883. The molecule has 1 heterocycles. The van der Waals surface area contributed by atoms with Gasteiger partial charge in [0.05, 0.1) is 0 Å². The van der Waals surface area contributed by atoms with Gasteiger partial charge in [0.1, 0.15) is 11.3 Å². The van der Waals surface area contributed by atoms with Gasteiger partial charge in [-0.25, -0.2) is 0 Å². The topological polar surface area (TPSA) is 13.1 Å². The molecule has 0 radical (unpaired) electrons. The Labute approximate surface area is 200 Å². The second-order valence-corrected chi connectivity index (χ2v) is 9.24. The number of hydrogen-bond donors (Lipinski definition) is 0. The molecule has 0 amide bonds. The standard InChI is InChI=1S/C33H28O/c1-2-3-4-7-23-10-12-24(13-11-23)14-16-28-22-32-30-17-15-27-20-25-8-5-6-9-26(25)21-31(27)29(30)18-19-33(32)34-28/h5-6,8-22H,2-4,7H2,1H3. The average Bonchev–Trinajstić information content (AvgIpc) is 3.30. The quantitative estimate of drug-likeness (QED) is 0.143. The number of fused-ring (bicyclic) bond motifs is 6. The normalized spacial score (nSPS) is 12.0. The van der Waals surface area contributed by atoms with E-state index in [1.165, 1.54) is 74.5 Å². The lowest BCUT2D eigenvalue weighted by Crippen LogP contribution is -1.85. The molecule has 0 bridgehead atoms. The van der Waals surface area contributed by atoms with E-state index in [-0.39, 0.29) is 0 Å². The van der Waals surface area contributed by atoms with Crippen molar-refractivity contribution in [2.24, 2.45) is 0 Å². The minimum Gasteiger partial charge on any atom is -0.457 e. The number of furan rings is 1. The van der Waals surface area contributed by atoms with Crippen molar-refractivity contribution in [2.45, 2.75) is 32.6 Å². The van der Waals surface area contributed by atoms with Crippen molar-refractivity contribution < 1.29 is 4.42 Å². The summed E-state index contributed by atoms with van der Waals surface area (Å²) in [6.07, 6.45) is 9.21. The second kappa shape index (κ2) is 8.83. The molecule has 6 aromatic rings. The molecular weight excluding hydrogens is 412 g/mol. The van der Waals surface area contributed by atoms with Crippen LogP contribution in [0, 0.1) is 0 Å². The maximum Gasteiger partial charge on any atom is 0.135 e. The van der Waals surface area contributed by atoms with Crippen molar-refractivity contribution in [1.82, 2.24) is 0 Å². The molecule has 0 saturated carbocycles. The van der Waals surface area contributed by atoms with Crippen LogP contribution in [0.4, 0.5) is 0 Å². The van der Waals surface area contributed by atoms with E-state index in [0.717, 1.165) is 11.3 Å². The van der Waals surface area contributed by atoms with E-state index in [9.17, 15) is 0 Å². The van der Waals surface area contributed by atoms with E-state index in [0.29, 0.717) is 0 Å². The predicted octanol–water partition coefficient (Wildman–Crippen LogP) is 9.80. The molecule has 0 fully saturated rings. The van der Waals surface area contributed by atoms with Crippen molar-refractivity contribution >= 4 is 55.4 Å². The Morgan fingerprint density at radius 1 is 0.618 bits per heavy atom. The monoisotopic (exact) mass is 440 g/mol. The zero-order valence-corrected chi connectivity index (χ0v) is 19.6. The Balaban J connectivity index is 1.34. The summed E-state index contributed by atoms with van der Waals surface area (Å²) < 4.78 is 6.18. The zero-order chi connectivity index (χ0) is 22.9. The number of rotatable bonds is 6. The van der Waals surface area contributed by atoms with Crippen LogP contribution in [0.3, 0.4) is 0 Å². The lowest BCUT2D eigenvalue weighted by molar-refractivity contribution is 0.605. The van der Waals surface area contributed by atoms with Crippen molar-refractivity contribution in [3.05, 3.63) is 108 Å². The summed E-state index contributed by atoms with van der Waals surface area (Å²) >= 11 is 0. The van der Waals surface area contributed by atoms with Crippen LogP contribution in [-0.4, -0.2) is 0 Å². The van der Waals surface area contributed by atoms with Gasteiger partial charge in [0, 0.05) is 5.39 Å². The molecule has 6 rings (SSSR count). The maximum atomic E-state index is 6.18. The van der Waals surface area contributed by atoms with E-state index in [2.05, 4.69) is 110 Å². The van der Waals surface area contributed by atoms with E-state index in [4.69, 9.17) is 4.42 Å². The molecular formula is C33H28O. The van der Waals surface area contributed by atoms with Crippen molar-refractivity contribution in [2.75, 3.05) is 0 Å². The van der Waals surface area contributed by atoms with E-state index < -0.39 is 0 Å². The summed E-state index contributed by atoms with van der Waals surface area (Å²) in [6, 6.07) is 33.0. The fourth-order valence-corrected chi connectivity index (χ4v) is 5.00. The molecule has 0 N–H and O–H groups in total. The van der Waals surface area contributed by atoms with Gasteiger partial charge in [0.25, 0.3) is 0 Å². The van der Waals surface area contributed by atoms with Gasteiger partial charge in [-0.1, -0.05) is 92.6 Å². The minimum atomic E-state index is 0.883. The summed E-state index contributed by atoms with van der Waals surface area (Å²) in [7, 11) is 0. The van der Waals surface area contributed by atoms with Crippen LogP contribution in [0.15, 0.2) is 95.4 Å². The SMILES string of the molecule is CCCCCc1ccc(C=Cc2cc3c(ccc4c5cc6ccccc6cc5ccc34)o2)cc1. The lowest BCUT2D eigenvalue weighted by Gasteiger charge is -2.07. The van der Waals surface area contributed by atoms with Gasteiger partial charge in [-0.05, 0) is 86.6 Å². The molecule has 1 heteroatoms. The first-order valence-electron chi connectivity index (χ1n) is 12.3. The van der Waals surface area contributed by atoms with Gasteiger partial charge in [-0.15, -0.1) is 0 Å². The molecule has 0 atom stereocenters. The van der Waals surface area contributed by atoms with Gasteiger partial charge in [-0.3, -0.25) is 0 Å². The highest BCUT2D eigenvalue weighted by Crippen LogP contribution is 2.35. The Hall–Kier alpha value is -3.84. The molecule has 1 aromatic heterocycles. The van der Waals surface area contributed by atoms with E-state index in [1.807, 2.05) is 0 Å². The molecule has 166 valence electrons. The number of benzene rings is 5. The van der Waals surface area contributed by atoms with Gasteiger partial charge in [0.15, 0.2) is 0 Å². The summed E-state index contributed by atoms with van der Waals surface area (Å²) in [5.74, 6) is 0.883. The summed E-state index contributed by atoms with van der Waals surface area (Å²) in [5.41, 5.74) is 3.54. The molecule has 0 aliphatic carbocycles. The molecule has 1 nitrogen and oxygen atoms in total. The summed E-state index contributed by atoms with van der Waals surface area (Å²) in [5, 5.41) is 8.78. The summed E-state index contributed by atoms with van der Waals surface area (Å²) in [4.78, 5) is 0. The molecule has 34 heavy (non-hydrogen) atoms. The van der Waals surface area contributed by atoms with Crippen LogP contribution >= 0.6 is 0 Å². The highest BCUT2D eigenvalue weighted by Gasteiger charge is 2.09. The molecule has 0 unspecified atom stereocenters. The lowest BCUT2D eigenvalue weighted by atomic mass is 9.97. The Morgan fingerprint density at radius 2 is 1.38 bits per heavy atom. The highest BCUT2D eigenvalue weighted by atomic mass is 16.3. The van der Waals surface area contributed by atoms with Crippen LogP contribution in [-0.2, 0) is 6.42 Å². The highest BCUT2D eigenvalue weighted by molar-refractivity contribution is 6.18. The third-order valence-electron chi connectivity index (χ3n) is 6.89. The van der Waals surface area contributed by atoms with Crippen LogP contribution in [0.2, 0.25) is 0 Å². The zero-order valence-electron chi connectivity index (χ0n) is 19.6. The van der Waals surface area contributed by atoms with Gasteiger partial charge >= 0.3 is 0 Å². The van der Waals surface area contributed by atoms with Gasteiger partial charge in [-0.2, -0.15) is 0 Å². The van der Waals surface area contributed by atoms with Gasteiger partial charge < -0.3 is 4.42 Å². The fourth-order valence-electron chi connectivity index (χ4n) is 5.00. The first kappa shape index (κ1) is 20.7. The van der Waals surface area contributed by atoms with Crippen molar-refractivity contribution in [1.29, 1.82) is 0 Å². The fraction of sp³-hybridized carbons (Fsp3) is 0.152. The number of hydrogen-bond acceptors (Lipinski definition) is 1. The second-order valence-electron chi connectivity index (χ2n) is 9.24. The molecule has 0 saturated heterocycles. The number of aryl methyl sites for hydroxylation is 1. The molecule has 0 spiro atoms. The van der Waals surface area contributed by atoms with Crippen molar-refractivity contribution in [3.63, 3.8) is 0 Å². The van der Waals surface area contributed by atoms with Crippen LogP contribution in [0.5, 0.6) is 0 Å². The van der Waals surface area contributed by atoms with Crippen molar-refractivity contribution in [3.8, 4) is 0 Å². The molecule has 0 aliphatic rings. The Morgan fingerprint density at radius 3 is 2.21 bits per heavy atom. The molecule has 5 aromatic carbocycles. The smallest absolute Gasteiger partial charge is 0.135 e. The molecule has 0 aliphatic heterocycles. The Kier molecular flexibility index (Phi) is 5.39. The van der Waals surface area contributed by atoms with E-state index in [1.54, 1.807) is 0 Å². The first-order valence-corrected chi connectivity index (χ1v) is 12.3. The maximum absolute atomic E-state index is 6.18. The van der Waals surface area contributed by atoms with Crippen LogP contribution < -0.4 is 0 Å². The third-order valence-corrected chi connectivity index (χ3v) is 6.89. The predicted molar refractivity (Wildman–Crippen MR) is 147 cm³/mol. The Bertz CT molecular complexity index is 1650. The first-order chi connectivity index (χ1) is 16.8. The van der Waals surface area contributed by atoms with Crippen LogP contribution in [0.25, 0.3) is 55.4 Å². The van der Waals surface area contributed by atoms with Gasteiger partial charge in [0.2, 0.25) is 0 Å². The van der Waals surface area contributed by atoms with Crippen LogP contribution in [0.1, 0.15) is 43.1 Å². The summed E-state index contributed by atoms with van der Waals surface area (Å²) in [6.45, 7) is 2.25. The largest absolute Gasteiger partial charge is 0.457 e. The average molecular weight is 441 g/mol. The van der Waals surface area contributed by atoms with E-state index >= 15 is 0 Å². The third kappa shape index (κ3) is 3.88.